The van der Waals surface area contributed by atoms with E-state index in [0.29, 0.717) is 11.7 Å². The maximum atomic E-state index is 10.6. The third-order valence-electron chi connectivity index (χ3n) is 3.32. The third kappa shape index (κ3) is 3.65. The van der Waals surface area contributed by atoms with Crippen molar-refractivity contribution in [2.75, 3.05) is 5.32 Å². The fraction of sp³-hybridized carbons (Fsp3) is 0.538. The van der Waals surface area contributed by atoms with Crippen LogP contribution >= 0.6 is 0 Å². The van der Waals surface area contributed by atoms with E-state index in [1.165, 1.54) is 12.3 Å². The van der Waals surface area contributed by atoms with Gasteiger partial charge >= 0.3 is 0 Å². The normalized spacial score (nSPS) is 11.9. The second kappa shape index (κ2) is 6.69. The second-order valence-electron chi connectivity index (χ2n) is 4.47. The van der Waals surface area contributed by atoms with E-state index in [0.717, 1.165) is 12.8 Å². The van der Waals surface area contributed by atoms with Gasteiger partial charge in [-0.3, -0.25) is 10.1 Å². The van der Waals surface area contributed by atoms with Crippen LogP contribution in [0, 0.1) is 27.4 Å². The molecule has 0 aliphatic carbocycles. The zero-order chi connectivity index (χ0) is 14.4. The summed E-state index contributed by atoms with van der Waals surface area (Å²) in [5.74, 6) is 0.885. The fourth-order valence-corrected chi connectivity index (χ4v) is 2.08. The summed E-state index contributed by atoms with van der Waals surface area (Å²) in [5.41, 5.74) is 0.0318. The number of nitrogens with one attached hydrogen (secondary N) is 1. The smallest absolute Gasteiger partial charge is 0.289 e. The first kappa shape index (κ1) is 14.9. The monoisotopic (exact) mass is 262 g/mol. The highest BCUT2D eigenvalue weighted by Gasteiger charge is 2.17. The van der Waals surface area contributed by atoms with Crippen LogP contribution < -0.4 is 5.32 Å². The molecule has 0 aromatic carbocycles. The number of anilines is 1. The third-order valence-corrected chi connectivity index (χ3v) is 3.32. The Labute approximate surface area is 112 Å². The Morgan fingerprint density at radius 1 is 1.53 bits per heavy atom. The summed E-state index contributed by atoms with van der Waals surface area (Å²) in [4.78, 5) is 14.1. The summed E-state index contributed by atoms with van der Waals surface area (Å²) in [7, 11) is 0. The second-order valence-corrected chi connectivity index (χ2v) is 4.47. The minimum atomic E-state index is -0.554. The van der Waals surface area contributed by atoms with Gasteiger partial charge in [0.15, 0.2) is 0 Å². The van der Waals surface area contributed by atoms with Crippen LogP contribution in [0.3, 0.4) is 0 Å². The van der Waals surface area contributed by atoms with Crippen molar-refractivity contribution in [2.24, 2.45) is 5.92 Å². The molecule has 0 saturated heterocycles. The molecule has 0 radical (unpaired) electrons. The van der Waals surface area contributed by atoms with Crippen LogP contribution in [0.15, 0.2) is 12.3 Å². The Morgan fingerprint density at radius 3 is 2.63 bits per heavy atom. The van der Waals surface area contributed by atoms with E-state index < -0.39 is 4.92 Å². The van der Waals surface area contributed by atoms with Gasteiger partial charge in [-0.1, -0.05) is 26.7 Å². The Balaban J connectivity index is 2.96. The van der Waals surface area contributed by atoms with Gasteiger partial charge in [0.2, 0.25) is 0 Å². The van der Waals surface area contributed by atoms with Gasteiger partial charge in [0.1, 0.15) is 23.6 Å². The standard InChI is InChI=1S/C13H18N4O2/c1-4-10(5-2)9(3)16-13-11(7-14)6-12(8-15-13)17(18)19/h6,8-10H,4-5H2,1-3H3,(H,15,16). The topological polar surface area (TPSA) is 91.8 Å². The van der Waals surface area contributed by atoms with Crippen LogP contribution in [-0.2, 0) is 0 Å². The van der Waals surface area contributed by atoms with Gasteiger partial charge in [0, 0.05) is 12.1 Å². The van der Waals surface area contributed by atoms with Crippen molar-refractivity contribution in [3.05, 3.63) is 27.9 Å². The van der Waals surface area contributed by atoms with Crippen molar-refractivity contribution < 1.29 is 4.92 Å². The molecule has 0 bridgehead atoms. The van der Waals surface area contributed by atoms with E-state index in [1.807, 2.05) is 13.0 Å². The Morgan fingerprint density at radius 2 is 2.16 bits per heavy atom. The van der Waals surface area contributed by atoms with Crippen molar-refractivity contribution in [2.45, 2.75) is 39.7 Å². The van der Waals surface area contributed by atoms with Crippen LogP contribution in [0.5, 0.6) is 0 Å². The minimum Gasteiger partial charge on any atom is -0.366 e. The zero-order valence-electron chi connectivity index (χ0n) is 11.4. The van der Waals surface area contributed by atoms with Gasteiger partial charge in [-0.25, -0.2) is 4.98 Å². The van der Waals surface area contributed by atoms with Crippen molar-refractivity contribution >= 4 is 11.5 Å². The minimum absolute atomic E-state index is 0.163. The number of aromatic nitrogens is 1. The van der Waals surface area contributed by atoms with Crippen molar-refractivity contribution in [3.63, 3.8) is 0 Å². The summed E-state index contributed by atoms with van der Waals surface area (Å²) < 4.78 is 0. The molecule has 6 nitrogen and oxygen atoms in total. The first-order valence-corrected chi connectivity index (χ1v) is 6.34. The van der Waals surface area contributed by atoms with Crippen molar-refractivity contribution in [3.8, 4) is 6.07 Å². The highest BCUT2D eigenvalue weighted by atomic mass is 16.6. The molecular weight excluding hydrogens is 244 g/mol. The van der Waals surface area contributed by atoms with Crippen LogP contribution in [-0.4, -0.2) is 15.9 Å². The van der Waals surface area contributed by atoms with Gasteiger partial charge in [0.05, 0.1) is 4.92 Å². The molecule has 1 aromatic rings. The predicted molar refractivity (Wildman–Crippen MR) is 72.8 cm³/mol. The largest absolute Gasteiger partial charge is 0.366 e. The number of pyridine rings is 1. The van der Waals surface area contributed by atoms with Crippen LogP contribution in [0.4, 0.5) is 11.5 Å². The van der Waals surface area contributed by atoms with Gasteiger partial charge in [-0.05, 0) is 12.8 Å². The van der Waals surface area contributed by atoms with E-state index in [4.69, 9.17) is 5.26 Å². The number of nitriles is 1. The van der Waals surface area contributed by atoms with Gasteiger partial charge in [-0.15, -0.1) is 0 Å². The molecule has 1 heterocycles. The van der Waals surface area contributed by atoms with Crippen LogP contribution in [0.25, 0.3) is 0 Å². The lowest BCUT2D eigenvalue weighted by Crippen LogP contribution is -2.26. The lowest BCUT2D eigenvalue weighted by molar-refractivity contribution is -0.385. The molecule has 19 heavy (non-hydrogen) atoms. The molecule has 0 amide bonds. The highest BCUT2D eigenvalue weighted by Crippen LogP contribution is 2.22. The average molecular weight is 262 g/mol. The summed E-state index contributed by atoms with van der Waals surface area (Å²) in [6, 6.07) is 3.35. The first-order chi connectivity index (χ1) is 9.03. The molecule has 1 rings (SSSR count). The number of rotatable bonds is 6. The molecule has 1 unspecified atom stereocenters. The lowest BCUT2D eigenvalue weighted by Gasteiger charge is -2.23. The zero-order valence-corrected chi connectivity index (χ0v) is 11.4. The quantitative estimate of drug-likeness (QED) is 0.628. The molecular formula is C13H18N4O2. The summed E-state index contributed by atoms with van der Waals surface area (Å²) in [6.45, 7) is 6.25. The highest BCUT2D eigenvalue weighted by molar-refractivity contribution is 5.55. The molecule has 0 fully saturated rings. The SMILES string of the molecule is CCC(CC)C(C)Nc1ncc([N+](=O)[O-])cc1C#N. The maximum absolute atomic E-state index is 10.6. The van der Waals surface area contributed by atoms with Gasteiger partial charge < -0.3 is 5.32 Å². The van der Waals surface area contributed by atoms with Gasteiger partial charge in [-0.2, -0.15) is 5.26 Å². The Kier molecular flexibility index (Phi) is 5.24. The van der Waals surface area contributed by atoms with E-state index in [-0.39, 0.29) is 17.3 Å². The molecule has 102 valence electrons. The summed E-state index contributed by atoms with van der Waals surface area (Å²) >= 11 is 0. The molecule has 0 saturated carbocycles. The number of nitrogens with zero attached hydrogens (tertiary/aromatic N) is 3. The fourth-order valence-electron chi connectivity index (χ4n) is 2.08. The number of hydrogen-bond acceptors (Lipinski definition) is 5. The Bertz CT molecular complexity index is 492. The summed E-state index contributed by atoms with van der Waals surface area (Å²) in [6.07, 6.45) is 3.22. The van der Waals surface area contributed by atoms with E-state index >= 15 is 0 Å². The first-order valence-electron chi connectivity index (χ1n) is 6.34. The predicted octanol–water partition coefficient (Wildman–Crippen LogP) is 3.10. The molecule has 1 aromatic heterocycles. The number of hydrogen-bond donors (Lipinski definition) is 1. The maximum Gasteiger partial charge on any atom is 0.289 e. The molecule has 0 aliphatic rings. The van der Waals surface area contributed by atoms with Crippen molar-refractivity contribution in [1.29, 1.82) is 5.26 Å². The Hall–Kier alpha value is -2.16. The summed E-state index contributed by atoms with van der Waals surface area (Å²) in [5, 5.41) is 22.9. The van der Waals surface area contributed by atoms with Crippen LogP contribution in [0.2, 0.25) is 0 Å². The van der Waals surface area contributed by atoms with E-state index in [9.17, 15) is 10.1 Å². The molecule has 1 atom stereocenters. The van der Waals surface area contributed by atoms with Crippen molar-refractivity contribution in [1.82, 2.24) is 4.98 Å². The molecule has 0 spiro atoms. The average Bonchev–Trinajstić information content (AvgIpc) is 2.40. The van der Waals surface area contributed by atoms with Crippen LogP contribution in [0.1, 0.15) is 39.2 Å². The molecule has 0 aliphatic heterocycles. The molecule has 6 heteroatoms. The van der Waals surface area contributed by atoms with E-state index in [2.05, 4.69) is 24.1 Å². The van der Waals surface area contributed by atoms with Gasteiger partial charge in [0.25, 0.3) is 5.69 Å². The lowest BCUT2D eigenvalue weighted by atomic mass is 9.95. The molecule has 1 N–H and O–H groups in total. The van der Waals surface area contributed by atoms with E-state index in [1.54, 1.807) is 0 Å². The number of nitro groups is 1.